The van der Waals surface area contributed by atoms with Gasteiger partial charge in [0.05, 0.1) is 6.61 Å². The number of ether oxygens (including phenoxy) is 1. The fourth-order valence-corrected chi connectivity index (χ4v) is 5.21. The number of aliphatic hydroxyl groups excluding tert-OH is 1. The van der Waals surface area contributed by atoms with E-state index in [4.69, 9.17) is 25.2 Å². The summed E-state index contributed by atoms with van der Waals surface area (Å²) in [7, 11) is -17.1. The predicted octanol–water partition coefficient (Wildman–Crippen LogP) is -0.938. The molecule has 0 bridgehead atoms. The normalized spacial score (nSPS) is 28.0. The zero-order valence-corrected chi connectivity index (χ0v) is 16.8. The van der Waals surface area contributed by atoms with Crippen LogP contribution in [0.4, 0.5) is 14.6 Å². The highest BCUT2D eigenvalue weighted by Crippen LogP contribution is 2.66. The van der Waals surface area contributed by atoms with Crippen LogP contribution in [0.3, 0.4) is 0 Å². The molecule has 5 atom stereocenters. The van der Waals surface area contributed by atoms with Crippen LogP contribution in [0.5, 0.6) is 0 Å². The molecule has 1 saturated heterocycles. The Labute approximate surface area is 164 Å². The molecule has 1 aromatic heterocycles. The monoisotopic (exact) mass is 503 g/mol. The van der Waals surface area contributed by atoms with Crippen LogP contribution in [0.2, 0.25) is 0 Å². The van der Waals surface area contributed by atoms with Crippen molar-refractivity contribution in [2.45, 2.75) is 24.4 Å². The number of aliphatic hydroxyl groups is 1. The van der Waals surface area contributed by atoms with E-state index in [9.17, 15) is 37.3 Å². The van der Waals surface area contributed by atoms with E-state index in [0.29, 0.717) is 0 Å². The molecule has 0 radical (unpaired) electrons. The van der Waals surface area contributed by atoms with Gasteiger partial charge in [-0.25, -0.2) is 18.5 Å². The lowest BCUT2D eigenvalue weighted by Crippen LogP contribution is -2.41. The smallest absolute Gasteiger partial charge is 0.384 e. The quantitative estimate of drug-likeness (QED) is 0.234. The average Bonchev–Trinajstić information content (AvgIpc) is 2.73. The van der Waals surface area contributed by atoms with Crippen molar-refractivity contribution in [3.63, 3.8) is 0 Å². The molecule has 21 heteroatoms. The van der Waals surface area contributed by atoms with Crippen LogP contribution >= 0.6 is 23.5 Å². The van der Waals surface area contributed by atoms with Crippen LogP contribution in [-0.4, -0.2) is 59.0 Å². The molecule has 7 N–H and O–H groups in total. The standard InChI is InChI=1S/C9H14F2N3O13P3/c10-9(11)6(15)4(25-7(9)14-2-1-5(12)13-8(14)16)3-24-29(20,21)27-30(22,23)26-28(17,18)19/h1-2,4,6-7,15H,3H2,(H,20,21)(H,22,23)(H2,12,13,16)(H2,17,18,19)/t4-,6+,7-/m1/s1. The van der Waals surface area contributed by atoms with Crippen molar-refractivity contribution in [1.82, 2.24) is 9.55 Å². The van der Waals surface area contributed by atoms with Crippen molar-refractivity contribution in [2.24, 2.45) is 0 Å². The van der Waals surface area contributed by atoms with Crippen molar-refractivity contribution >= 4 is 29.3 Å². The first-order chi connectivity index (χ1) is 13.4. The number of phosphoric acid groups is 3. The Morgan fingerprint density at radius 1 is 1.20 bits per heavy atom. The summed E-state index contributed by atoms with van der Waals surface area (Å²) >= 11 is 0. The second-order valence-corrected chi connectivity index (χ2v) is 10.00. The van der Waals surface area contributed by atoms with Crippen LogP contribution < -0.4 is 11.4 Å². The molecular formula is C9H14F2N3O13P3. The first-order valence-corrected chi connectivity index (χ1v) is 11.8. The maximum atomic E-state index is 14.3. The van der Waals surface area contributed by atoms with Crippen LogP contribution in [0.1, 0.15) is 6.23 Å². The number of rotatable bonds is 8. The van der Waals surface area contributed by atoms with Gasteiger partial charge < -0.3 is 35.2 Å². The second-order valence-electron chi connectivity index (χ2n) is 5.58. The number of nitrogen functional groups attached to an aromatic ring is 1. The third-order valence-electron chi connectivity index (χ3n) is 3.30. The molecule has 16 nitrogen and oxygen atoms in total. The van der Waals surface area contributed by atoms with Gasteiger partial charge in [-0.05, 0) is 6.07 Å². The van der Waals surface area contributed by atoms with E-state index in [2.05, 4.69) is 18.1 Å². The highest BCUT2D eigenvalue weighted by atomic mass is 31.3. The molecule has 0 aromatic carbocycles. The van der Waals surface area contributed by atoms with Crippen LogP contribution in [0.25, 0.3) is 0 Å². The van der Waals surface area contributed by atoms with E-state index >= 15 is 0 Å². The lowest BCUT2D eigenvalue weighted by atomic mass is 10.1. The molecule has 0 aliphatic carbocycles. The van der Waals surface area contributed by atoms with Gasteiger partial charge in [-0.1, -0.05) is 0 Å². The molecule has 0 saturated carbocycles. The third-order valence-corrected chi connectivity index (χ3v) is 7.10. The summed E-state index contributed by atoms with van der Waals surface area (Å²) in [6.45, 7) is -1.35. The second kappa shape index (κ2) is 8.43. The van der Waals surface area contributed by atoms with Crippen molar-refractivity contribution in [2.75, 3.05) is 12.3 Å². The minimum atomic E-state index is -5.83. The maximum absolute atomic E-state index is 14.3. The number of alkyl halides is 2. The molecule has 1 aliphatic rings. The van der Waals surface area contributed by atoms with Crippen molar-refractivity contribution < 1.29 is 65.0 Å². The minimum Gasteiger partial charge on any atom is -0.384 e. The van der Waals surface area contributed by atoms with Crippen LogP contribution in [0, 0.1) is 0 Å². The van der Waals surface area contributed by atoms with Gasteiger partial charge in [0, 0.05) is 6.20 Å². The van der Waals surface area contributed by atoms with Crippen molar-refractivity contribution in [1.29, 1.82) is 0 Å². The first kappa shape index (κ1) is 25.1. The van der Waals surface area contributed by atoms with Crippen molar-refractivity contribution in [3.8, 4) is 0 Å². The van der Waals surface area contributed by atoms with Gasteiger partial charge in [0.1, 0.15) is 11.9 Å². The van der Waals surface area contributed by atoms with Gasteiger partial charge in [0.2, 0.25) is 6.23 Å². The van der Waals surface area contributed by atoms with Gasteiger partial charge >= 0.3 is 35.1 Å². The van der Waals surface area contributed by atoms with Gasteiger partial charge in [0.25, 0.3) is 0 Å². The summed E-state index contributed by atoms with van der Waals surface area (Å²) in [6, 6.07) is 0.979. The topological polar surface area (TPSA) is 250 Å². The van der Waals surface area contributed by atoms with Crippen LogP contribution in [-0.2, 0) is 31.6 Å². The summed E-state index contributed by atoms with van der Waals surface area (Å²) in [5.41, 5.74) is 3.97. The van der Waals surface area contributed by atoms with E-state index in [0.717, 1.165) is 12.3 Å². The maximum Gasteiger partial charge on any atom is 0.490 e. The average molecular weight is 503 g/mol. The summed E-state index contributed by atoms with van der Waals surface area (Å²) in [6.07, 6.45) is -6.40. The molecule has 1 aliphatic heterocycles. The van der Waals surface area contributed by atoms with E-state index in [1.165, 1.54) is 0 Å². The Kier molecular flexibility index (Phi) is 7.06. The van der Waals surface area contributed by atoms with Crippen molar-refractivity contribution in [3.05, 3.63) is 22.7 Å². The molecular weight excluding hydrogens is 489 g/mol. The molecule has 2 rings (SSSR count). The summed E-state index contributed by atoms with van der Waals surface area (Å²) < 4.78 is 78.0. The van der Waals surface area contributed by atoms with Gasteiger partial charge in [-0.15, -0.1) is 0 Å². The fourth-order valence-electron chi connectivity index (χ4n) is 2.18. The van der Waals surface area contributed by atoms with E-state index in [-0.39, 0.29) is 10.4 Å². The van der Waals surface area contributed by atoms with Gasteiger partial charge in [-0.3, -0.25) is 9.09 Å². The molecule has 1 aromatic rings. The Bertz CT molecular complexity index is 998. The predicted molar refractivity (Wildman–Crippen MR) is 87.6 cm³/mol. The fraction of sp³-hybridized carbons (Fsp3) is 0.556. The molecule has 2 heterocycles. The molecule has 2 unspecified atom stereocenters. The first-order valence-electron chi connectivity index (χ1n) is 7.28. The van der Waals surface area contributed by atoms with E-state index in [1.54, 1.807) is 0 Å². The SMILES string of the molecule is Nc1ccn([C@@H]2O[C@H](COP(=O)(O)OP(=O)(O)OP(=O)(O)O)[C@H](O)C2(F)F)c(=O)n1. The van der Waals surface area contributed by atoms with E-state index in [1.807, 2.05) is 0 Å². The molecule has 1 fully saturated rings. The highest BCUT2D eigenvalue weighted by molar-refractivity contribution is 7.66. The Hall–Kier alpha value is -1.13. The lowest BCUT2D eigenvalue weighted by Gasteiger charge is -2.20. The van der Waals surface area contributed by atoms with Gasteiger partial charge in [-0.2, -0.15) is 22.4 Å². The number of nitrogens with two attached hydrogens (primary N) is 1. The Balaban J connectivity index is 2.12. The molecule has 0 spiro atoms. The third kappa shape index (κ3) is 6.20. The molecule has 0 amide bonds. The number of aromatic nitrogens is 2. The largest absolute Gasteiger partial charge is 0.490 e. The zero-order chi connectivity index (χ0) is 23.1. The minimum absolute atomic E-state index is 0.282. The zero-order valence-electron chi connectivity index (χ0n) is 14.2. The summed E-state index contributed by atoms with van der Waals surface area (Å²) in [5, 5.41) is 9.72. The number of hydrogen-bond acceptors (Lipinski definition) is 11. The summed E-state index contributed by atoms with van der Waals surface area (Å²) in [4.78, 5) is 50.1. The highest BCUT2D eigenvalue weighted by Gasteiger charge is 2.60. The number of anilines is 1. The number of phosphoric ester groups is 1. The van der Waals surface area contributed by atoms with E-state index < -0.39 is 60.1 Å². The molecule has 172 valence electrons. The Morgan fingerprint density at radius 3 is 2.33 bits per heavy atom. The number of nitrogens with zero attached hydrogens (tertiary/aromatic N) is 2. The number of halogens is 2. The Morgan fingerprint density at radius 2 is 1.80 bits per heavy atom. The lowest BCUT2D eigenvalue weighted by molar-refractivity contribution is -0.140. The van der Waals surface area contributed by atoms with Crippen LogP contribution in [0.15, 0.2) is 17.1 Å². The molecule has 30 heavy (non-hydrogen) atoms. The number of hydrogen-bond donors (Lipinski definition) is 6. The van der Waals surface area contributed by atoms with Gasteiger partial charge in [0.15, 0.2) is 6.10 Å². The summed E-state index contributed by atoms with van der Waals surface area (Å²) in [5.74, 6) is -4.42.